The molecule has 0 aliphatic rings. The first-order chi connectivity index (χ1) is 10.1. The second kappa shape index (κ2) is 5.18. The first-order valence-corrected chi connectivity index (χ1v) is 7.97. The third kappa shape index (κ3) is 2.73. The van der Waals surface area contributed by atoms with E-state index in [4.69, 9.17) is 0 Å². The molecule has 0 atom stereocenters. The van der Waals surface area contributed by atoms with Crippen molar-refractivity contribution < 1.29 is 8.42 Å². The number of nitrogens with one attached hydrogen (secondary N) is 1. The van der Waals surface area contributed by atoms with Crippen molar-refractivity contribution in [3.05, 3.63) is 66.5 Å². The number of anilines is 1. The predicted octanol–water partition coefficient (Wildman–Crippen LogP) is 3.34. The van der Waals surface area contributed by atoms with Crippen molar-refractivity contribution in [3.63, 3.8) is 0 Å². The highest BCUT2D eigenvalue weighted by Crippen LogP contribution is 2.22. The van der Waals surface area contributed by atoms with E-state index in [0.717, 1.165) is 16.3 Å². The van der Waals surface area contributed by atoms with Crippen molar-refractivity contribution >= 4 is 26.5 Å². The van der Waals surface area contributed by atoms with Gasteiger partial charge >= 0.3 is 0 Å². The molecule has 0 bridgehead atoms. The van der Waals surface area contributed by atoms with Crippen LogP contribution in [0.4, 0.5) is 5.69 Å². The van der Waals surface area contributed by atoms with Gasteiger partial charge in [-0.2, -0.15) is 0 Å². The highest BCUT2D eigenvalue weighted by molar-refractivity contribution is 7.92. The molecule has 0 aliphatic heterocycles. The second-order valence-electron chi connectivity index (χ2n) is 4.81. The summed E-state index contributed by atoms with van der Waals surface area (Å²) in [6, 6.07) is 14.5. The fourth-order valence-corrected chi connectivity index (χ4v) is 3.26. The summed E-state index contributed by atoms with van der Waals surface area (Å²) in [6.45, 7) is 1.83. The van der Waals surface area contributed by atoms with Gasteiger partial charge < -0.3 is 0 Å². The second-order valence-corrected chi connectivity index (χ2v) is 6.49. The van der Waals surface area contributed by atoms with Gasteiger partial charge in [0.1, 0.15) is 0 Å². The monoisotopic (exact) mass is 298 g/mol. The number of sulfonamides is 1. The summed E-state index contributed by atoms with van der Waals surface area (Å²) in [5.74, 6) is 0. The summed E-state index contributed by atoms with van der Waals surface area (Å²) < 4.78 is 27.5. The maximum atomic E-state index is 12.5. The molecule has 0 saturated carbocycles. The molecule has 106 valence electrons. The van der Waals surface area contributed by atoms with Gasteiger partial charge in [0.25, 0.3) is 10.0 Å². The number of hydrogen-bond acceptors (Lipinski definition) is 3. The summed E-state index contributed by atoms with van der Waals surface area (Å²) in [5.41, 5.74) is 1.32. The van der Waals surface area contributed by atoms with Crippen LogP contribution in [0.5, 0.6) is 0 Å². The van der Waals surface area contributed by atoms with E-state index in [2.05, 4.69) is 9.71 Å². The highest BCUT2D eigenvalue weighted by Gasteiger charge is 2.15. The van der Waals surface area contributed by atoms with E-state index in [9.17, 15) is 8.42 Å². The summed E-state index contributed by atoms with van der Waals surface area (Å²) >= 11 is 0. The molecule has 1 N–H and O–H groups in total. The van der Waals surface area contributed by atoms with Gasteiger partial charge in [0.05, 0.1) is 16.8 Å². The zero-order valence-electron chi connectivity index (χ0n) is 11.4. The zero-order chi connectivity index (χ0) is 14.9. The van der Waals surface area contributed by atoms with Crippen molar-refractivity contribution in [2.75, 3.05) is 4.72 Å². The van der Waals surface area contributed by atoms with Gasteiger partial charge in [-0.3, -0.25) is 9.71 Å². The molecule has 1 heterocycles. The van der Waals surface area contributed by atoms with E-state index >= 15 is 0 Å². The molecule has 5 heteroatoms. The molecule has 0 fully saturated rings. The molecule has 4 nitrogen and oxygen atoms in total. The maximum absolute atomic E-state index is 12.5. The number of aryl methyl sites for hydroxylation is 1. The molecule has 2 aromatic carbocycles. The SMILES string of the molecule is Cc1ccncc1NS(=O)(=O)c1ccc2ccccc2c1. The Bertz CT molecular complexity index is 905. The van der Waals surface area contributed by atoms with Crippen molar-refractivity contribution in [1.82, 2.24) is 4.98 Å². The molecule has 0 radical (unpaired) electrons. The number of nitrogens with zero attached hydrogens (tertiary/aromatic N) is 1. The number of aromatic nitrogens is 1. The number of hydrogen-bond donors (Lipinski definition) is 1. The van der Waals surface area contributed by atoms with Crippen molar-refractivity contribution in [3.8, 4) is 0 Å². The summed E-state index contributed by atoms with van der Waals surface area (Å²) in [6.07, 6.45) is 3.14. The average molecular weight is 298 g/mol. The van der Waals surface area contributed by atoms with Gasteiger partial charge in [-0.15, -0.1) is 0 Å². The van der Waals surface area contributed by atoms with E-state index in [1.807, 2.05) is 31.2 Å². The molecule has 0 unspecified atom stereocenters. The van der Waals surface area contributed by atoms with Gasteiger partial charge in [-0.25, -0.2) is 8.42 Å². The molecular formula is C16H14N2O2S. The minimum absolute atomic E-state index is 0.240. The first kappa shape index (κ1) is 13.6. The Morgan fingerprint density at radius 1 is 1.00 bits per heavy atom. The first-order valence-electron chi connectivity index (χ1n) is 6.48. The molecule has 1 aromatic heterocycles. The average Bonchev–Trinajstić information content (AvgIpc) is 2.49. The third-order valence-electron chi connectivity index (χ3n) is 3.31. The lowest BCUT2D eigenvalue weighted by Crippen LogP contribution is -2.13. The number of rotatable bonds is 3. The molecular weight excluding hydrogens is 284 g/mol. The Morgan fingerprint density at radius 2 is 1.76 bits per heavy atom. The minimum Gasteiger partial charge on any atom is -0.278 e. The molecule has 3 aromatic rings. The van der Waals surface area contributed by atoms with E-state index < -0.39 is 10.0 Å². The molecule has 0 amide bonds. The van der Waals surface area contributed by atoms with Crippen LogP contribution in [0, 0.1) is 6.92 Å². The Hall–Kier alpha value is -2.40. The lowest BCUT2D eigenvalue weighted by Gasteiger charge is -2.10. The van der Waals surface area contributed by atoms with Crippen LogP contribution in [0.1, 0.15) is 5.56 Å². The van der Waals surface area contributed by atoms with Crippen LogP contribution in [-0.2, 0) is 10.0 Å². The summed E-state index contributed by atoms with van der Waals surface area (Å²) in [7, 11) is -3.62. The lowest BCUT2D eigenvalue weighted by molar-refractivity contribution is 0.601. The molecule has 0 spiro atoms. The van der Waals surface area contributed by atoms with Crippen LogP contribution in [0.25, 0.3) is 10.8 Å². The quantitative estimate of drug-likeness (QED) is 0.806. The Kier molecular flexibility index (Phi) is 3.35. The van der Waals surface area contributed by atoms with Crippen molar-refractivity contribution in [1.29, 1.82) is 0 Å². The summed E-state index contributed by atoms with van der Waals surface area (Å²) in [4.78, 5) is 4.19. The largest absolute Gasteiger partial charge is 0.278 e. The van der Waals surface area contributed by atoms with E-state index in [0.29, 0.717) is 5.69 Å². The zero-order valence-corrected chi connectivity index (χ0v) is 12.3. The number of pyridine rings is 1. The third-order valence-corrected chi connectivity index (χ3v) is 4.68. The normalized spacial score (nSPS) is 11.5. The predicted molar refractivity (Wildman–Crippen MR) is 83.7 cm³/mol. The van der Waals surface area contributed by atoms with Gasteiger partial charge in [0.15, 0.2) is 0 Å². The number of benzene rings is 2. The van der Waals surface area contributed by atoms with Crippen LogP contribution in [0.3, 0.4) is 0 Å². The van der Waals surface area contributed by atoms with Crippen LogP contribution in [0.15, 0.2) is 65.8 Å². The Morgan fingerprint density at radius 3 is 2.52 bits per heavy atom. The van der Waals surface area contributed by atoms with E-state index in [1.165, 1.54) is 6.20 Å². The number of fused-ring (bicyclic) bond motifs is 1. The minimum atomic E-state index is -3.62. The van der Waals surface area contributed by atoms with Crippen LogP contribution in [0.2, 0.25) is 0 Å². The fraction of sp³-hybridized carbons (Fsp3) is 0.0625. The van der Waals surface area contributed by atoms with E-state index in [-0.39, 0.29) is 4.90 Å². The fourth-order valence-electron chi connectivity index (χ4n) is 2.11. The van der Waals surface area contributed by atoms with Crippen LogP contribution >= 0.6 is 0 Å². The highest BCUT2D eigenvalue weighted by atomic mass is 32.2. The standard InChI is InChI=1S/C16H14N2O2S/c1-12-8-9-17-11-16(12)18-21(19,20)15-7-6-13-4-2-3-5-14(13)10-15/h2-11,18H,1H3. The van der Waals surface area contributed by atoms with Crippen molar-refractivity contribution in [2.24, 2.45) is 0 Å². The topological polar surface area (TPSA) is 59.1 Å². The Balaban J connectivity index is 2.02. The smallest absolute Gasteiger partial charge is 0.261 e. The summed E-state index contributed by atoms with van der Waals surface area (Å²) in [5, 5.41) is 1.90. The van der Waals surface area contributed by atoms with Gasteiger partial charge in [0.2, 0.25) is 0 Å². The molecule has 0 saturated heterocycles. The molecule has 21 heavy (non-hydrogen) atoms. The van der Waals surface area contributed by atoms with Gasteiger partial charge in [-0.05, 0) is 41.5 Å². The van der Waals surface area contributed by atoms with Crippen LogP contribution < -0.4 is 4.72 Å². The van der Waals surface area contributed by atoms with Gasteiger partial charge in [-0.1, -0.05) is 30.3 Å². The Labute approximate surface area is 123 Å². The van der Waals surface area contributed by atoms with Crippen LogP contribution in [-0.4, -0.2) is 13.4 Å². The van der Waals surface area contributed by atoms with Crippen molar-refractivity contribution in [2.45, 2.75) is 11.8 Å². The lowest BCUT2D eigenvalue weighted by atomic mass is 10.1. The van der Waals surface area contributed by atoms with E-state index in [1.54, 1.807) is 30.5 Å². The van der Waals surface area contributed by atoms with Gasteiger partial charge in [0, 0.05) is 6.20 Å². The molecule has 3 rings (SSSR count). The molecule has 0 aliphatic carbocycles. The maximum Gasteiger partial charge on any atom is 0.261 e.